The molecular weight excluding hydrogens is 741 g/mol. The summed E-state index contributed by atoms with van der Waals surface area (Å²) in [5.74, 6) is -2.44. The van der Waals surface area contributed by atoms with Gasteiger partial charge in [0, 0.05) is 12.8 Å². The number of hydrogen-bond acceptors (Lipinski definition) is 10. The second-order valence-electron chi connectivity index (χ2n) is 16.3. The van der Waals surface area contributed by atoms with Crippen molar-refractivity contribution in [1.82, 2.24) is 0 Å². The van der Waals surface area contributed by atoms with Crippen molar-refractivity contribution in [2.24, 2.45) is 0 Å². The highest BCUT2D eigenvalue weighted by molar-refractivity contribution is 5.73. The first-order valence-electron chi connectivity index (χ1n) is 23.4. The minimum Gasteiger partial charge on any atom is -0.479 e. The molecule has 1 aliphatic rings. The van der Waals surface area contributed by atoms with Crippen LogP contribution in [0.2, 0.25) is 0 Å². The lowest BCUT2D eigenvalue weighted by Crippen LogP contribution is -2.60. The molecule has 338 valence electrons. The molecule has 11 nitrogen and oxygen atoms in total. The van der Waals surface area contributed by atoms with Gasteiger partial charge in [-0.3, -0.25) is 9.59 Å². The van der Waals surface area contributed by atoms with Crippen LogP contribution in [-0.2, 0) is 33.3 Å². The summed E-state index contributed by atoms with van der Waals surface area (Å²) in [7, 11) is 0. The van der Waals surface area contributed by atoms with Gasteiger partial charge in [-0.15, -0.1) is 0 Å². The Labute approximate surface area is 351 Å². The molecule has 0 radical (unpaired) electrons. The van der Waals surface area contributed by atoms with Crippen LogP contribution in [0.3, 0.4) is 0 Å². The zero-order valence-corrected chi connectivity index (χ0v) is 36.5. The third-order valence-corrected chi connectivity index (χ3v) is 10.8. The van der Waals surface area contributed by atoms with Crippen LogP contribution in [0.5, 0.6) is 0 Å². The Morgan fingerprint density at radius 3 is 1.43 bits per heavy atom. The molecule has 6 atom stereocenters. The number of rotatable bonds is 39. The first kappa shape index (κ1) is 53.7. The zero-order chi connectivity index (χ0) is 42.5. The fourth-order valence-electron chi connectivity index (χ4n) is 7.09. The van der Waals surface area contributed by atoms with E-state index in [0.29, 0.717) is 12.8 Å². The van der Waals surface area contributed by atoms with Crippen molar-refractivity contribution in [2.45, 2.75) is 243 Å². The molecule has 4 N–H and O–H groups in total. The van der Waals surface area contributed by atoms with Crippen LogP contribution in [-0.4, -0.2) is 88.4 Å². The number of aliphatic hydroxyl groups is 3. The Balaban J connectivity index is 2.30. The number of aliphatic hydroxyl groups excluding tert-OH is 3. The van der Waals surface area contributed by atoms with E-state index < -0.39 is 54.7 Å². The van der Waals surface area contributed by atoms with E-state index in [4.69, 9.17) is 18.9 Å². The van der Waals surface area contributed by atoms with E-state index in [9.17, 15) is 34.8 Å². The van der Waals surface area contributed by atoms with E-state index in [0.717, 1.165) is 51.4 Å². The van der Waals surface area contributed by atoms with Crippen LogP contribution in [0.1, 0.15) is 206 Å². The first-order valence-corrected chi connectivity index (χ1v) is 23.4. The number of carboxylic acids is 1. The van der Waals surface area contributed by atoms with Crippen LogP contribution < -0.4 is 0 Å². The molecule has 1 rings (SSSR count). The van der Waals surface area contributed by atoms with Crippen molar-refractivity contribution >= 4 is 17.9 Å². The molecule has 1 fully saturated rings. The number of hydrogen-bond donors (Lipinski definition) is 4. The smallest absolute Gasteiger partial charge is 0.335 e. The van der Waals surface area contributed by atoms with Gasteiger partial charge in [-0.05, 0) is 44.9 Å². The maximum absolute atomic E-state index is 12.7. The molecule has 0 aromatic rings. The highest BCUT2D eigenvalue weighted by Crippen LogP contribution is 2.23. The van der Waals surface area contributed by atoms with E-state index in [-0.39, 0.29) is 26.1 Å². The van der Waals surface area contributed by atoms with Gasteiger partial charge in [-0.2, -0.15) is 0 Å². The second kappa shape index (κ2) is 37.7. The molecule has 0 amide bonds. The topological polar surface area (TPSA) is 169 Å². The summed E-state index contributed by atoms with van der Waals surface area (Å²) in [5.41, 5.74) is 0. The second-order valence-corrected chi connectivity index (χ2v) is 16.3. The normalized spacial score (nSPS) is 20.2. The maximum Gasteiger partial charge on any atom is 0.335 e. The average molecular weight is 825 g/mol. The monoisotopic (exact) mass is 825 g/mol. The van der Waals surface area contributed by atoms with Crippen molar-refractivity contribution in [3.05, 3.63) is 24.3 Å². The molecule has 0 aromatic carbocycles. The molecule has 0 aromatic heterocycles. The standard InChI is InChI=1S/C47H84O11/c1-3-5-7-9-11-13-15-16-17-18-19-20-21-22-23-24-26-27-29-31-33-35-40(48)55-37-39(38-56-47-44(52)42(50)43(51)45(58-47)46(53)54)57-41(49)36-34-32-30-28-25-14-12-10-8-6-4-2/h15-16,18-19,39,42-45,47,50-52H,3-14,17,20-38H2,1-2H3,(H,53,54)/b16-15-,19-18-. The van der Waals surface area contributed by atoms with Gasteiger partial charge in [0.15, 0.2) is 18.5 Å². The van der Waals surface area contributed by atoms with Gasteiger partial charge in [-0.25, -0.2) is 4.79 Å². The Bertz CT molecular complexity index is 1060. The van der Waals surface area contributed by atoms with Crippen LogP contribution in [0, 0.1) is 0 Å². The minimum atomic E-state index is -1.86. The molecule has 1 aliphatic heterocycles. The van der Waals surface area contributed by atoms with Gasteiger partial charge in [0.05, 0.1) is 6.61 Å². The first-order chi connectivity index (χ1) is 28.2. The van der Waals surface area contributed by atoms with E-state index in [1.54, 1.807) is 0 Å². The molecule has 6 unspecified atom stereocenters. The molecule has 0 aliphatic carbocycles. The quantitative estimate of drug-likeness (QED) is 0.0264. The summed E-state index contributed by atoms with van der Waals surface area (Å²) in [6, 6.07) is 0. The van der Waals surface area contributed by atoms with Gasteiger partial charge in [0.2, 0.25) is 0 Å². The van der Waals surface area contributed by atoms with Crippen molar-refractivity contribution < 1.29 is 53.8 Å². The lowest BCUT2D eigenvalue weighted by atomic mass is 9.99. The molecule has 0 spiro atoms. The number of allylic oxidation sites excluding steroid dienone is 4. The summed E-state index contributed by atoms with van der Waals surface area (Å²) in [5, 5.41) is 39.8. The Morgan fingerprint density at radius 2 is 0.966 bits per heavy atom. The van der Waals surface area contributed by atoms with Crippen LogP contribution in [0.25, 0.3) is 0 Å². The Morgan fingerprint density at radius 1 is 0.534 bits per heavy atom. The van der Waals surface area contributed by atoms with Gasteiger partial charge < -0.3 is 39.4 Å². The Hall–Kier alpha value is -2.31. The molecule has 0 saturated carbocycles. The molecule has 58 heavy (non-hydrogen) atoms. The summed E-state index contributed by atoms with van der Waals surface area (Å²) in [6.45, 7) is 3.80. The van der Waals surface area contributed by atoms with E-state index in [1.807, 2.05) is 0 Å². The van der Waals surface area contributed by atoms with E-state index >= 15 is 0 Å². The van der Waals surface area contributed by atoms with Gasteiger partial charge in [0.25, 0.3) is 0 Å². The maximum atomic E-state index is 12.7. The third-order valence-electron chi connectivity index (χ3n) is 10.8. The number of esters is 2. The van der Waals surface area contributed by atoms with Gasteiger partial charge in [0.1, 0.15) is 24.9 Å². The third kappa shape index (κ3) is 29.0. The summed E-state index contributed by atoms with van der Waals surface area (Å²) in [6.07, 6.45) is 32.3. The number of aliphatic carboxylic acids is 1. The molecular formula is C47H84O11. The molecule has 1 heterocycles. The Kier molecular flexibility index (Phi) is 34.9. The number of carboxylic acid groups (broad SMARTS) is 1. The fourth-order valence-corrected chi connectivity index (χ4v) is 7.09. The average Bonchev–Trinajstić information content (AvgIpc) is 3.21. The lowest BCUT2D eigenvalue weighted by Gasteiger charge is -2.38. The zero-order valence-electron chi connectivity index (χ0n) is 36.5. The summed E-state index contributed by atoms with van der Waals surface area (Å²) < 4.78 is 21.7. The number of unbranched alkanes of at least 4 members (excludes halogenated alkanes) is 24. The molecule has 1 saturated heterocycles. The lowest BCUT2D eigenvalue weighted by molar-refractivity contribution is -0.298. The number of carbonyl (C=O) groups excluding carboxylic acids is 2. The van der Waals surface area contributed by atoms with Gasteiger partial charge in [-0.1, -0.05) is 173 Å². The van der Waals surface area contributed by atoms with Crippen molar-refractivity contribution in [1.29, 1.82) is 0 Å². The molecule has 0 bridgehead atoms. The number of carbonyl (C=O) groups is 3. The SMILES string of the molecule is CCCCCCC/C=C\C/C=C\CCCCCCCCCCCC(=O)OCC(COC1OC(C(=O)O)C(O)C(O)C1O)OC(=O)CCCCCCCCCCCCC. The van der Waals surface area contributed by atoms with Crippen LogP contribution in [0.15, 0.2) is 24.3 Å². The number of ether oxygens (including phenoxy) is 4. The summed E-state index contributed by atoms with van der Waals surface area (Å²) >= 11 is 0. The molecule has 11 heteroatoms. The largest absolute Gasteiger partial charge is 0.479 e. The highest BCUT2D eigenvalue weighted by Gasteiger charge is 2.47. The predicted octanol–water partition coefficient (Wildman–Crippen LogP) is 10.2. The minimum absolute atomic E-state index is 0.185. The highest BCUT2D eigenvalue weighted by atomic mass is 16.7. The van der Waals surface area contributed by atoms with Gasteiger partial charge >= 0.3 is 17.9 Å². The summed E-state index contributed by atoms with van der Waals surface area (Å²) in [4.78, 5) is 36.8. The van der Waals surface area contributed by atoms with Crippen molar-refractivity contribution in [2.75, 3.05) is 13.2 Å². The van der Waals surface area contributed by atoms with Crippen molar-refractivity contribution in [3.63, 3.8) is 0 Å². The van der Waals surface area contributed by atoms with E-state index in [2.05, 4.69) is 38.2 Å². The van der Waals surface area contributed by atoms with Crippen LogP contribution >= 0.6 is 0 Å². The fraction of sp³-hybridized carbons (Fsp3) is 0.851. The van der Waals surface area contributed by atoms with Crippen LogP contribution in [0.4, 0.5) is 0 Å². The van der Waals surface area contributed by atoms with E-state index in [1.165, 1.54) is 116 Å². The van der Waals surface area contributed by atoms with Crippen molar-refractivity contribution in [3.8, 4) is 0 Å². The predicted molar refractivity (Wildman–Crippen MR) is 229 cm³/mol.